The van der Waals surface area contributed by atoms with Crippen LogP contribution in [-0.2, 0) is 16.4 Å². The fraction of sp³-hybridized carbons (Fsp3) is 0.174. The molecule has 0 saturated heterocycles. The van der Waals surface area contributed by atoms with Crippen molar-refractivity contribution in [3.05, 3.63) is 88.4 Å². The monoisotopic (exact) mass is 458 g/mol. The van der Waals surface area contributed by atoms with Gasteiger partial charge in [0.2, 0.25) is 0 Å². The molecule has 3 rings (SSSR count). The minimum atomic E-state index is -3.82. The van der Waals surface area contributed by atoms with Crippen molar-refractivity contribution in [1.29, 1.82) is 0 Å². The third-order valence-electron chi connectivity index (χ3n) is 4.66. The minimum absolute atomic E-state index is 0.0356. The van der Waals surface area contributed by atoms with E-state index in [-0.39, 0.29) is 16.5 Å². The molecule has 0 aliphatic carbocycles. The van der Waals surface area contributed by atoms with Crippen molar-refractivity contribution in [2.24, 2.45) is 0 Å². The van der Waals surface area contributed by atoms with Gasteiger partial charge in [-0.1, -0.05) is 41.4 Å². The third kappa shape index (κ3) is 5.77. The summed E-state index contributed by atoms with van der Waals surface area (Å²) in [5.41, 5.74) is 2.78. The number of amides is 1. The summed E-state index contributed by atoms with van der Waals surface area (Å²) in [6.45, 7) is 2.42. The number of methoxy groups -OCH3 is 1. The van der Waals surface area contributed by atoms with Gasteiger partial charge < -0.3 is 10.1 Å². The molecular weight excluding hydrogens is 436 g/mol. The summed E-state index contributed by atoms with van der Waals surface area (Å²) in [4.78, 5) is 12.5. The second kappa shape index (κ2) is 9.85. The maximum atomic E-state index is 12.6. The van der Waals surface area contributed by atoms with E-state index >= 15 is 0 Å². The van der Waals surface area contributed by atoms with Crippen LogP contribution < -0.4 is 14.8 Å². The summed E-state index contributed by atoms with van der Waals surface area (Å²) in [6, 6.07) is 18.2. The molecule has 3 aromatic rings. The van der Waals surface area contributed by atoms with Gasteiger partial charge in [0, 0.05) is 12.1 Å². The molecule has 0 fully saturated rings. The van der Waals surface area contributed by atoms with Crippen molar-refractivity contribution in [3.8, 4) is 5.75 Å². The maximum Gasteiger partial charge on any atom is 0.261 e. The van der Waals surface area contributed by atoms with Crippen LogP contribution in [0.4, 0.5) is 5.69 Å². The number of benzene rings is 3. The molecule has 162 valence electrons. The average molecular weight is 459 g/mol. The predicted octanol–water partition coefficient (Wildman–Crippen LogP) is 4.43. The van der Waals surface area contributed by atoms with Crippen molar-refractivity contribution >= 4 is 33.2 Å². The van der Waals surface area contributed by atoms with Crippen LogP contribution in [0.5, 0.6) is 5.75 Å². The van der Waals surface area contributed by atoms with Gasteiger partial charge in [-0.05, 0) is 61.4 Å². The Morgan fingerprint density at radius 2 is 1.74 bits per heavy atom. The van der Waals surface area contributed by atoms with E-state index in [4.69, 9.17) is 16.3 Å². The van der Waals surface area contributed by atoms with Crippen LogP contribution in [0.2, 0.25) is 5.02 Å². The molecule has 0 heterocycles. The quantitative estimate of drug-likeness (QED) is 0.523. The first kappa shape index (κ1) is 22.7. The number of hydrogen-bond donors (Lipinski definition) is 2. The molecule has 0 radical (unpaired) electrons. The van der Waals surface area contributed by atoms with Crippen LogP contribution in [0, 0.1) is 6.92 Å². The van der Waals surface area contributed by atoms with Crippen molar-refractivity contribution in [2.75, 3.05) is 18.4 Å². The molecule has 2 N–H and O–H groups in total. The average Bonchev–Trinajstić information content (AvgIpc) is 2.75. The lowest BCUT2D eigenvalue weighted by molar-refractivity contribution is 0.0954. The number of carbonyl (C=O) groups is 1. The van der Waals surface area contributed by atoms with Crippen molar-refractivity contribution in [3.63, 3.8) is 0 Å². The second-order valence-corrected chi connectivity index (χ2v) is 9.02. The van der Waals surface area contributed by atoms with Crippen molar-refractivity contribution in [2.45, 2.75) is 18.2 Å². The van der Waals surface area contributed by atoms with Gasteiger partial charge in [0.05, 0.1) is 22.7 Å². The molecule has 6 nitrogen and oxygen atoms in total. The second-order valence-electron chi connectivity index (χ2n) is 6.93. The van der Waals surface area contributed by atoms with Crippen molar-refractivity contribution < 1.29 is 17.9 Å². The minimum Gasteiger partial charge on any atom is -0.496 e. The highest BCUT2D eigenvalue weighted by Gasteiger charge is 2.16. The number of rotatable bonds is 8. The number of sulfonamides is 1. The van der Waals surface area contributed by atoms with E-state index in [1.54, 1.807) is 31.4 Å². The number of ether oxygens (including phenoxy) is 1. The van der Waals surface area contributed by atoms with Gasteiger partial charge in [0.15, 0.2) is 0 Å². The summed E-state index contributed by atoms with van der Waals surface area (Å²) in [5.74, 6) is 0.495. The number of nitrogens with one attached hydrogen (secondary N) is 2. The Kier molecular flexibility index (Phi) is 7.20. The van der Waals surface area contributed by atoms with Crippen LogP contribution in [-0.4, -0.2) is 28.0 Å². The van der Waals surface area contributed by atoms with Crippen LogP contribution in [0.15, 0.2) is 71.6 Å². The molecule has 0 atom stereocenters. The summed E-state index contributed by atoms with van der Waals surface area (Å²) in [5, 5.41) is 3.15. The standard InChI is InChI=1S/C23H23ClN2O4S/c1-16-7-12-22(30-2)18(15-16)13-14-25-23(27)17-8-10-19(11-9-17)31(28,29)26-21-6-4-3-5-20(21)24/h3-12,15,26H,13-14H2,1-2H3,(H,25,27). The van der Waals surface area contributed by atoms with Crippen LogP contribution in [0.3, 0.4) is 0 Å². The van der Waals surface area contributed by atoms with Gasteiger partial charge in [-0.3, -0.25) is 9.52 Å². The largest absolute Gasteiger partial charge is 0.496 e. The lowest BCUT2D eigenvalue weighted by atomic mass is 10.1. The highest BCUT2D eigenvalue weighted by molar-refractivity contribution is 7.92. The zero-order valence-corrected chi connectivity index (χ0v) is 18.8. The zero-order valence-electron chi connectivity index (χ0n) is 17.2. The molecule has 1 amide bonds. The lowest BCUT2D eigenvalue weighted by Gasteiger charge is -2.11. The Labute approximate surface area is 187 Å². The fourth-order valence-electron chi connectivity index (χ4n) is 3.05. The third-order valence-corrected chi connectivity index (χ3v) is 6.37. The summed E-state index contributed by atoms with van der Waals surface area (Å²) >= 11 is 6.02. The highest BCUT2D eigenvalue weighted by atomic mass is 35.5. The first-order chi connectivity index (χ1) is 14.8. The molecule has 3 aromatic carbocycles. The smallest absolute Gasteiger partial charge is 0.261 e. The van der Waals surface area contributed by atoms with E-state index in [1.807, 2.05) is 25.1 Å². The number of anilines is 1. The highest BCUT2D eigenvalue weighted by Crippen LogP contribution is 2.24. The molecular formula is C23H23ClN2O4S. The first-order valence-corrected chi connectivity index (χ1v) is 11.5. The Bertz CT molecular complexity index is 1180. The first-order valence-electron chi connectivity index (χ1n) is 9.59. The Hall–Kier alpha value is -3.03. The van der Waals surface area contributed by atoms with Gasteiger partial charge in [0.1, 0.15) is 5.75 Å². The van der Waals surface area contributed by atoms with Gasteiger partial charge in [-0.2, -0.15) is 0 Å². The summed E-state index contributed by atoms with van der Waals surface area (Å²) in [7, 11) is -2.21. The number of halogens is 1. The van der Waals surface area contributed by atoms with Crippen molar-refractivity contribution in [1.82, 2.24) is 5.32 Å². The van der Waals surface area contributed by atoms with E-state index in [0.29, 0.717) is 23.6 Å². The Balaban J connectivity index is 1.62. The SMILES string of the molecule is COc1ccc(C)cc1CCNC(=O)c1ccc(S(=O)(=O)Nc2ccccc2Cl)cc1. The Morgan fingerprint density at radius 3 is 2.42 bits per heavy atom. The van der Waals surface area contributed by atoms with E-state index in [9.17, 15) is 13.2 Å². The van der Waals surface area contributed by atoms with E-state index in [2.05, 4.69) is 10.0 Å². The Morgan fingerprint density at radius 1 is 1.03 bits per heavy atom. The molecule has 0 spiro atoms. The number of carbonyl (C=O) groups excluding carboxylic acids is 1. The van der Waals surface area contributed by atoms with E-state index in [1.165, 1.54) is 24.3 Å². The lowest BCUT2D eigenvalue weighted by Crippen LogP contribution is -2.26. The molecule has 0 aliphatic rings. The van der Waals surface area contributed by atoms with Gasteiger partial charge in [-0.15, -0.1) is 0 Å². The zero-order chi connectivity index (χ0) is 22.4. The van der Waals surface area contributed by atoms with E-state index in [0.717, 1.165) is 16.9 Å². The van der Waals surface area contributed by atoms with E-state index < -0.39 is 10.0 Å². The molecule has 0 bridgehead atoms. The molecule has 0 aliphatic heterocycles. The normalized spacial score (nSPS) is 11.1. The van der Waals surface area contributed by atoms with Crippen LogP contribution >= 0.6 is 11.6 Å². The number of aryl methyl sites for hydroxylation is 1. The fourth-order valence-corrected chi connectivity index (χ4v) is 4.37. The molecule has 0 saturated carbocycles. The van der Waals surface area contributed by atoms with Gasteiger partial charge in [0.25, 0.3) is 15.9 Å². The predicted molar refractivity (Wildman–Crippen MR) is 122 cm³/mol. The molecule has 31 heavy (non-hydrogen) atoms. The summed E-state index contributed by atoms with van der Waals surface area (Å²) in [6.07, 6.45) is 0.616. The number of para-hydroxylation sites is 1. The summed E-state index contributed by atoms with van der Waals surface area (Å²) < 4.78 is 32.9. The van der Waals surface area contributed by atoms with Crippen LogP contribution in [0.1, 0.15) is 21.5 Å². The number of hydrogen-bond acceptors (Lipinski definition) is 4. The maximum absolute atomic E-state index is 12.6. The van der Waals surface area contributed by atoms with Crippen LogP contribution in [0.25, 0.3) is 0 Å². The topological polar surface area (TPSA) is 84.5 Å². The molecule has 0 unspecified atom stereocenters. The van der Waals surface area contributed by atoms with Gasteiger partial charge >= 0.3 is 0 Å². The molecule has 0 aromatic heterocycles. The van der Waals surface area contributed by atoms with Gasteiger partial charge in [-0.25, -0.2) is 8.42 Å². The molecule has 8 heteroatoms.